The highest BCUT2D eigenvalue weighted by Crippen LogP contribution is 2.37. The molecule has 0 spiro atoms. The van der Waals surface area contributed by atoms with Crippen molar-refractivity contribution in [2.24, 2.45) is 0 Å². The number of carbonyl (C=O) groups is 1. The van der Waals surface area contributed by atoms with E-state index >= 15 is 0 Å². The molecule has 0 aromatic carbocycles. The molecule has 0 atom stereocenters. The zero-order valence-corrected chi connectivity index (χ0v) is 17.9. The fourth-order valence-corrected chi connectivity index (χ4v) is 4.62. The van der Waals surface area contributed by atoms with Crippen LogP contribution in [0.15, 0.2) is 9.59 Å². The second-order valence-corrected chi connectivity index (χ2v) is 8.93. The smallest absolute Gasteiger partial charge is 0.332 e. The van der Waals surface area contributed by atoms with E-state index in [2.05, 4.69) is 0 Å². The highest BCUT2D eigenvalue weighted by atomic mass is 32.1. The molecule has 0 radical (unpaired) electrons. The Kier molecular flexibility index (Phi) is 5.79. The van der Waals surface area contributed by atoms with Gasteiger partial charge in [-0.1, -0.05) is 0 Å². The van der Waals surface area contributed by atoms with Gasteiger partial charge in [0, 0.05) is 24.4 Å². The van der Waals surface area contributed by atoms with E-state index in [1.54, 1.807) is 11.5 Å². The van der Waals surface area contributed by atoms with Gasteiger partial charge in [-0.15, -0.1) is 11.3 Å². The van der Waals surface area contributed by atoms with E-state index in [4.69, 9.17) is 9.47 Å². The molecule has 2 aromatic rings. The summed E-state index contributed by atoms with van der Waals surface area (Å²) in [6.07, 6.45) is 0.586. The summed E-state index contributed by atoms with van der Waals surface area (Å²) in [7, 11) is 3.85. The fourth-order valence-electron chi connectivity index (χ4n) is 3.38. The van der Waals surface area contributed by atoms with Crippen LogP contribution in [0, 0.1) is 0 Å². The molecule has 0 fully saturated rings. The maximum Gasteiger partial charge on any atom is 0.332 e. The van der Waals surface area contributed by atoms with Gasteiger partial charge in [-0.05, 0) is 40.4 Å². The molecule has 154 valence electrons. The third-order valence-electron chi connectivity index (χ3n) is 4.80. The summed E-state index contributed by atoms with van der Waals surface area (Å²) in [4.78, 5) is 41.9. The first-order chi connectivity index (χ1) is 13.1. The van der Waals surface area contributed by atoms with Crippen molar-refractivity contribution in [2.45, 2.75) is 52.5 Å². The lowest BCUT2D eigenvalue weighted by atomic mass is 9.94. The first-order valence-corrected chi connectivity index (χ1v) is 10.2. The number of hydrogen-bond donors (Lipinski definition) is 0. The number of fused-ring (bicyclic) bond motifs is 3. The van der Waals surface area contributed by atoms with Crippen molar-refractivity contribution in [3.63, 3.8) is 0 Å². The van der Waals surface area contributed by atoms with Crippen molar-refractivity contribution in [1.29, 1.82) is 0 Å². The van der Waals surface area contributed by atoms with Gasteiger partial charge in [0.2, 0.25) is 0 Å². The lowest BCUT2D eigenvalue weighted by Gasteiger charge is -2.29. The lowest BCUT2D eigenvalue weighted by molar-refractivity contribution is -0.143. The molecule has 3 heterocycles. The molecule has 8 nitrogen and oxygen atoms in total. The molecule has 1 aliphatic heterocycles. The number of aromatic nitrogens is 2. The van der Waals surface area contributed by atoms with E-state index in [-0.39, 0.29) is 18.8 Å². The summed E-state index contributed by atoms with van der Waals surface area (Å²) in [5.74, 6) is -0.590. The minimum atomic E-state index is -0.590. The maximum absolute atomic E-state index is 13.2. The molecule has 0 saturated heterocycles. The van der Waals surface area contributed by atoms with Crippen LogP contribution in [-0.2, 0) is 40.4 Å². The van der Waals surface area contributed by atoms with E-state index in [1.807, 2.05) is 32.8 Å². The predicted molar refractivity (Wildman–Crippen MR) is 108 cm³/mol. The second-order valence-electron chi connectivity index (χ2n) is 7.84. The number of ether oxygens (including phenoxy) is 2. The van der Waals surface area contributed by atoms with Crippen molar-refractivity contribution in [2.75, 3.05) is 27.2 Å². The van der Waals surface area contributed by atoms with Crippen LogP contribution in [0.1, 0.15) is 31.2 Å². The van der Waals surface area contributed by atoms with Crippen molar-refractivity contribution >= 4 is 27.5 Å². The minimum Gasteiger partial charge on any atom is -0.465 e. The molecule has 2 aromatic heterocycles. The Morgan fingerprint density at radius 2 is 2.00 bits per heavy atom. The summed E-state index contributed by atoms with van der Waals surface area (Å²) in [6, 6.07) is 0. The van der Waals surface area contributed by atoms with Gasteiger partial charge in [0.1, 0.15) is 11.4 Å². The Morgan fingerprint density at radius 1 is 1.29 bits per heavy atom. The zero-order valence-electron chi connectivity index (χ0n) is 17.0. The minimum absolute atomic E-state index is 0.198. The van der Waals surface area contributed by atoms with Crippen LogP contribution in [0.2, 0.25) is 0 Å². The Morgan fingerprint density at radius 3 is 2.64 bits per heavy atom. The van der Waals surface area contributed by atoms with Gasteiger partial charge in [0.25, 0.3) is 5.56 Å². The summed E-state index contributed by atoms with van der Waals surface area (Å²) < 4.78 is 13.5. The third-order valence-corrected chi connectivity index (χ3v) is 6.03. The van der Waals surface area contributed by atoms with Crippen molar-refractivity contribution in [1.82, 2.24) is 14.0 Å². The van der Waals surface area contributed by atoms with Gasteiger partial charge >= 0.3 is 11.7 Å². The molecule has 0 unspecified atom stereocenters. The van der Waals surface area contributed by atoms with Gasteiger partial charge < -0.3 is 14.4 Å². The molecular weight excluding hydrogens is 382 g/mol. The summed E-state index contributed by atoms with van der Waals surface area (Å²) in [5.41, 5.74) is -0.364. The van der Waals surface area contributed by atoms with Gasteiger partial charge in [-0.2, -0.15) is 0 Å². The van der Waals surface area contributed by atoms with Crippen LogP contribution in [-0.4, -0.2) is 52.9 Å². The molecule has 9 heteroatoms. The van der Waals surface area contributed by atoms with Crippen LogP contribution in [0.4, 0.5) is 0 Å². The molecule has 0 N–H and O–H groups in total. The van der Waals surface area contributed by atoms with Crippen LogP contribution in [0.5, 0.6) is 0 Å². The molecule has 0 aliphatic carbocycles. The largest absolute Gasteiger partial charge is 0.465 e. The van der Waals surface area contributed by atoms with Crippen molar-refractivity contribution < 1.29 is 14.3 Å². The van der Waals surface area contributed by atoms with Gasteiger partial charge in [0.05, 0.1) is 24.2 Å². The van der Waals surface area contributed by atoms with E-state index < -0.39 is 17.2 Å². The van der Waals surface area contributed by atoms with Crippen LogP contribution >= 0.6 is 11.3 Å². The molecule has 3 rings (SSSR count). The molecule has 0 bridgehead atoms. The average molecular weight is 410 g/mol. The molecular formula is C19H27N3O5S. The summed E-state index contributed by atoms with van der Waals surface area (Å²) in [5, 5.41) is 0.527. The predicted octanol–water partition coefficient (Wildman–Crippen LogP) is 1.20. The number of carbonyl (C=O) groups excluding carboxylic acids is 1. The number of nitrogens with zero attached hydrogens (tertiary/aromatic N) is 3. The molecule has 1 aliphatic rings. The van der Waals surface area contributed by atoms with Crippen LogP contribution in [0.3, 0.4) is 0 Å². The number of esters is 1. The number of likely N-dealkylation sites (N-methyl/N-ethyl adjacent to an activating group) is 1. The van der Waals surface area contributed by atoms with Gasteiger partial charge in [-0.3, -0.25) is 14.2 Å². The normalized spacial score (nSPS) is 15.8. The SMILES string of the molecule is CCOC(=O)Cn1c(=O)c2c3c(sc2n(CCN(C)C)c1=O)COC(C)(C)C3. The van der Waals surface area contributed by atoms with E-state index in [0.29, 0.717) is 36.3 Å². The molecule has 0 amide bonds. The molecule has 28 heavy (non-hydrogen) atoms. The Labute approximate surface area is 167 Å². The van der Waals surface area contributed by atoms with Gasteiger partial charge in [0.15, 0.2) is 0 Å². The standard InChI is InChI=1S/C19H27N3O5S/c1-6-26-14(23)10-22-16(24)15-12-9-19(2,3)27-11-13(12)28-17(15)21(18(22)25)8-7-20(4)5/h6-11H2,1-5H3. The van der Waals surface area contributed by atoms with Crippen LogP contribution < -0.4 is 11.2 Å². The van der Waals surface area contributed by atoms with E-state index in [0.717, 1.165) is 15.0 Å². The summed E-state index contributed by atoms with van der Waals surface area (Å²) >= 11 is 1.43. The van der Waals surface area contributed by atoms with Crippen molar-refractivity contribution in [3.8, 4) is 0 Å². The Balaban J connectivity index is 2.24. The highest BCUT2D eigenvalue weighted by Gasteiger charge is 2.32. The lowest BCUT2D eigenvalue weighted by Crippen LogP contribution is -2.43. The topological polar surface area (TPSA) is 82.8 Å². The summed E-state index contributed by atoms with van der Waals surface area (Å²) in [6.45, 7) is 6.96. The maximum atomic E-state index is 13.2. The zero-order chi connectivity index (χ0) is 20.6. The first-order valence-electron chi connectivity index (χ1n) is 9.37. The van der Waals surface area contributed by atoms with E-state index in [9.17, 15) is 14.4 Å². The van der Waals surface area contributed by atoms with Crippen LogP contribution in [0.25, 0.3) is 10.2 Å². The number of rotatable bonds is 6. The first kappa shape index (κ1) is 20.8. The average Bonchev–Trinajstić information content (AvgIpc) is 2.95. The van der Waals surface area contributed by atoms with E-state index in [1.165, 1.54) is 11.3 Å². The monoisotopic (exact) mass is 409 g/mol. The number of thiophene rings is 1. The Bertz CT molecular complexity index is 1020. The van der Waals surface area contributed by atoms with Gasteiger partial charge in [-0.25, -0.2) is 9.36 Å². The highest BCUT2D eigenvalue weighted by molar-refractivity contribution is 7.18. The number of hydrogen-bond acceptors (Lipinski definition) is 7. The van der Waals surface area contributed by atoms with Crippen molar-refractivity contribution in [3.05, 3.63) is 31.3 Å². The quantitative estimate of drug-likeness (QED) is 0.667. The third kappa shape index (κ3) is 3.92. The molecule has 0 saturated carbocycles. The fraction of sp³-hybridized carbons (Fsp3) is 0.632. The Hall–Kier alpha value is -1.97. The second kappa shape index (κ2) is 7.81.